The van der Waals surface area contributed by atoms with Gasteiger partial charge in [-0.3, -0.25) is 0 Å². The van der Waals surface area contributed by atoms with E-state index < -0.39 is 16.1 Å². The number of unbranched alkanes of at least 4 members (excludes halogenated alkanes) is 1. The molecule has 1 aliphatic rings. The summed E-state index contributed by atoms with van der Waals surface area (Å²) >= 11 is 0. The zero-order chi connectivity index (χ0) is 30.4. The van der Waals surface area contributed by atoms with Crippen molar-refractivity contribution in [1.82, 2.24) is 0 Å². The molecule has 1 aliphatic carbocycles. The maximum atomic E-state index is 4.18. The van der Waals surface area contributed by atoms with Crippen LogP contribution in [0.25, 0.3) is 39.1 Å². The third kappa shape index (κ3) is 7.89. The van der Waals surface area contributed by atoms with Gasteiger partial charge in [-0.15, -0.1) is 34.2 Å². The summed E-state index contributed by atoms with van der Waals surface area (Å²) in [5.74, 6) is 0.475. The minimum absolute atomic E-state index is 0. The summed E-state index contributed by atoms with van der Waals surface area (Å²) in [5, 5.41) is 8.78. The SMILES string of the molecule is [CH2-]CCCC1C([Si]c2cc3c(-c4ccc([Si](C)(C)C)cc4)cccc3[cH-]2)=Cc2c(-c3ccc([Si](C)(C)C)cc3)cccc21.[CH3-].[CH3-].[Hf+4]. The van der Waals surface area contributed by atoms with E-state index >= 15 is 0 Å². The number of benzene rings is 4. The molecule has 5 aromatic rings. The minimum atomic E-state index is -1.32. The molecule has 0 fully saturated rings. The van der Waals surface area contributed by atoms with Crippen LogP contribution in [0, 0.1) is 21.8 Å². The summed E-state index contributed by atoms with van der Waals surface area (Å²) < 4.78 is 0. The first kappa shape index (κ1) is 38.2. The third-order valence-corrected chi connectivity index (χ3v) is 14.6. The monoisotopic (exact) mass is 818 g/mol. The quantitative estimate of drug-likeness (QED) is 0.103. The van der Waals surface area contributed by atoms with Gasteiger partial charge in [-0.05, 0) is 34.2 Å². The van der Waals surface area contributed by atoms with Crippen LogP contribution < -0.4 is 15.6 Å². The average Bonchev–Trinajstić information content (AvgIpc) is 3.55. The molecule has 0 nitrogen and oxygen atoms in total. The van der Waals surface area contributed by atoms with Gasteiger partial charge in [0.05, 0.1) is 25.7 Å². The molecule has 46 heavy (non-hydrogen) atoms. The molecule has 0 spiro atoms. The Morgan fingerprint density at radius 2 is 1.26 bits per heavy atom. The standard InChI is InChI=1S/C40H44Si3.2CH3.Hf/c1-8-9-13-37-36-16-11-15-35(29-19-23-33(24-20-29)43(5,6)7)39(36)27-40(37)41-31-25-30-12-10-14-34(38(30)26-31)28-17-21-32(22-18-28)42(2,3)4;;;/h10-12,14-27,37H,1,8-9,13H2,2-7H3;2*1H3;/q-2;2*-1;+4. The Hall–Kier alpha value is -2.25. The van der Waals surface area contributed by atoms with Crippen molar-refractivity contribution in [3.05, 3.63) is 135 Å². The number of allylic oxidation sites excluding steroid dienone is 1. The summed E-state index contributed by atoms with van der Waals surface area (Å²) in [4.78, 5) is 0. The second-order valence-corrected chi connectivity index (χ2v) is 25.8. The van der Waals surface area contributed by atoms with E-state index in [-0.39, 0.29) is 40.7 Å². The molecule has 6 rings (SSSR count). The van der Waals surface area contributed by atoms with Gasteiger partial charge in [0.1, 0.15) is 0 Å². The predicted molar refractivity (Wildman–Crippen MR) is 211 cm³/mol. The molecule has 0 saturated heterocycles. The zero-order valence-corrected chi connectivity index (χ0v) is 35.8. The van der Waals surface area contributed by atoms with Crippen molar-refractivity contribution in [3.63, 3.8) is 0 Å². The molecule has 1 unspecified atom stereocenters. The summed E-state index contributed by atoms with van der Waals surface area (Å²) in [5.41, 5.74) is 8.30. The fourth-order valence-electron chi connectivity index (χ4n) is 6.53. The van der Waals surface area contributed by atoms with Crippen LogP contribution in [0.3, 0.4) is 0 Å². The Bertz CT molecular complexity index is 1780. The Morgan fingerprint density at radius 1 is 0.717 bits per heavy atom. The van der Waals surface area contributed by atoms with Gasteiger partial charge in [0.2, 0.25) is 0 Å². The number of rotatable bonds is 9. The fraction of sp³-hybridized carbons (Fsp3) is 0.238. The Kier molecular flexibility index (Phi) is 12.7. The van der Waals surface area contributed by atoms with Crippen molar-refractivity contribution in [2.45, 2.75) is 64.5 Å². The fourth-order valence-corrected chi connectivity index (χ4v) is 10.3. The van der Waals surface area contributed by atoms with Gasteiger partial charge >= 0.3 is 25.8 Å². The van der Waals surface area contributed by atoms with Gasteiger partial charge in [0, 0.05) is 5.92 Å². The predicted octanol–water partition coefficient (Wildman–Crippen LogP) is 10.4. The molecule has 0 saturated carbocycles. The van der Waals surface area contributed by atoms with Gasteiger partial charge < -0.3 is 21.8 Å². The van der Waals surface area contributed by atoms with E-state index in [0.717, 1.165) is 12.8 Å². The van der Waals surface area contributed by atoms with Gasteiger partial charge in [0.15, 0.2) is 0 Å². The number of hydrogen-bond donors (Lipinski definition) is 0. The Morgan fingerprint density at radius 3 is 1.83 bits per heavy atom. The van der Waals surface area contributed by atoms with E-state index in [0.29, 0.717) is 15.4 Å². The van der Waals surface area contributed by atoms with E-state index in [1.807, 2.05) is 0 Å². The molecule has 2 radical (unpaired) electrons. The molecule has 4 heteroatoms. The van der Waals surface area contributed by atoms with E-state index in [2.05, 4.69) is 149 Å². The molecule has 0 amide bonds. The molecule has 1 atom stereocenters. The molecular formula is C42H50HfSi3. The van der Waals surface area contributed by atoms with Crippen molar-refractivity contribution in [3.8, 4) is 22.3 Å². The van der Waals surface area contributed by atoms with Crippen LogP contribution in [0.1, 0.15) is 36.3 Å². The van der Waals surface area contributed by atoms with Gasteiger partial charge in [0.25, 0.3) is 0 Å². The minimum Gasteiger partial charge on any atom is -0.358 e. The smallest absolute Gasteiger partial charge is 0.358 e. The maximum absolute atomic E-state index is 4.18. The first-order valence-electron chi connectivity index (χ1n) is 15.8. The summed E-state index contributed by atoms with van der Waals surface area (Å²) in [7, 11) is -1.97. The van der Waals surface area contributed by atoms with Gasteiger partial charge in [-0.25, -0.2) is 0 Å². The van der Waals surface area contributed by atoms with E-state index in [4.69, 9.17) is 0 Å². The second kappa shape index (κ2) is 15.3. The molecule has 0 aromatic heterocycles. The van der Waals surface area contributed by atoms with Crippen LogP contribution in [0.2, 0.25) is 39.3 Å². The van der Waals surface area contributed by atoms with Crippen LogP contribution in [-0.4, -0.2) is 25.7 Å². The number of hydrogen-bond acceptors (Lipinski definition) is 0. The first-order valence-corrected chi connectivity index (χ1v) is 23.8. The van der Waals surface area contributed by atoms with Crippen LogP contribution in [0.15, 0.2) is 102 Å². The Balaban J connectivity index is 0.00000192. The summed E-state index contributed by atoms with van der Waals surface area (Å²) in [6.45, 7) is 18.7. The van der Waals surface area contributed by atoms with Crippen LogP contribution >= 0.6 is 0 Å². The van der Waals surface area contributed by atoms with Crippen LogP contribution in [-0.2, 0) is 25.8 Å². The van der Waals surface area contributed by atoms with Crippen molar-refractivity contribution < 1.29 is 25.8 Å². The van der Waals surface area contributed by atoms with Crippen LogP contribution in [0.5, 0.6) is 0 Å². The van der Waals surface area contributed by atoms with Crippen molar-refractivity contribution in [2.75, 3.05) is 0 Å². The first-order chi connectivity index (χ1) is 20.5. The summed E-state index contributed by atoms with van der Waals surface area (Å²) in [6, 6.07) is 37.5. The third-order valence-electron chi connectivity index (χ3n) is 9.10. The van der Waals surface area contributed by atoms with Crippen molar-refractivity contribution >= 4 is 58.1 Å². The number of fused-ring (bicyclic) bond motifs is 2. The molecule has 0 N–H and O–H groups in total. The van der Waals surface area contributed by atoms with E-state index in [1.165, 1.54) is 66.1 Å². The van der Waals surface area contributed by atoms with Gasteiger partial charge in [-0.1, -0.05) is 146 Å². The topological polar surface area (TPSA) is 0 Å². The molecule has 0 bridgehead atoms. The molecule has 0 aliphatic heterocycles. The maximum Gasteiger partial charge on any atom is 4.00 e. The second-order valence-electron chi connectivity index (χ2n) is 14.3. The molecule has 5 aromatic carbocycles. The zero-order valence-electron chi connectivity index (χ0n) is 29.2. The Labute approximate surface area is 303 Å². The van der Waals surface area contributed by atoms with E-state index in [1.54, 1.807) is 5.20 Å². The largest absolute Gasteiger partial charge is 4.00 e. The van der Waals surface area contributed by atoms with Crippen LogP contribution in [0.4, 0.5) is 0 Å². The van der Waals surface area contributed by atoms with Gasteiger partial charge in [-0.2, -0.15) is 12.5 Å². The average molecular weight is 818 g/mol. The summed E-state index contributed by atoms with van der Waals surface area (Å²) in [6.07, 6.45) is 5.85. The normalized spacial score (nSPS) is 14.2. The van der Waals surface area contributed by atoms with Crippen molar-refractivity contribution in [1.29, 1.82) is 0 Å². The molecular weight excluding hydrogens is 767 g/mol. The van der Waals surface area contributed by atoms with E-state index in [9.17, 15) is 0 Å². The van der Waals surface area contributed by atoms with Crippen molar-refractivity contribution in [2.24, 2.45) is 0 Å². The molecule has 0 heterocycles. The molecule has 234 valence electrons.